The number of amides is 1. The van der Waals surface area contributed by atoms with Gasteiger partial charge >= 0.3 is 6.18 Å². The summed E-state index contributed by atoms with van der Waals surface area (Å²) in [7, 11) is 0. The highest BCUT2D eigenvalue weighted by Gasteiger charge is 2.32. The zero-order valence-electron chi connectivity index (χ0n) is 7.33. The van der Waals surface area contributed by atoms with Gasteiger partial charge in [-0.2, -0.15) is 13.2 Å². The third-order valence-corrected chi connectivity index (χ3v) is 1.17. The molecular formula is C8H10F3NO. The fourth-order valence-electron chi connectivity index (χ4n) is 0.611. The summed E-state index contributed by atoms with van der Waals surface area (Å²) in [5.41, 5.74) is -1.04. The molecule has 0 heterocycles. The Kier molecular flexibility index (Phi) is 3.35. The Morgan fingerprint density at radius 3 is 2.23 bits per heavy atom. The highest BCUT2D eigenvalue weighted by atomic mass is 19.4. The molecule has 0 aromatic heterocycles. The molecule has 1 N–H and O–H groups in total. The first kappa shape index (κ1) is 11.8. The van der Waals surface area contributed by atoms with E-state index in [4.69, 9.17) is 6.42 Å². The van der Waals surface area contributed by atoms with Crippen LogP contribution in [-0.2, 0) is 4.79 Å². The Bertz CT molecular complexity index is 237. The van der Waals surface area contributed by atoms with Gasteiger partial charge < -0.3 is 5.32 Å². The standard InChI is InChI=1S/C8H10F3NO/c1-4-7(2,3)12-6(13)5-8(9,10)11/h1H,5H2,2-3H3,(H,12,13). The van der Waals surface area contributed by atoms with E-state index in [2.05, 4.69) is 11.2 Å². The van der Waals surface area contributed by atoms with Gasteiger partial charge in [0, 0.05) is 0 Å². The van der Waals surface area contributed by atoms with Crippen molar-refractivity contribution >= 4 is 5.91 Å². The van der Waals surface area contributed by atoms with Gasteiger partial charge in [0.15, 0.2) is 0 Å². The predicted octanol–water partition coefficient (Wildman–Crippen LogP) is 1.47. The molecule has 74 valence electrons. The largest absolute Gasteiger partial charge is 0.397 e. The number of carbonyl (C=O) groups excluding carboxylic acids is 1. The van der Waals surface area contributed by atoms with Crippen LogP contribution < -0.4 is 5.32 Å². The number of alkyl halides is 3. The molecular weight excluding hydrogens is 183 g/mol. The smallest absolute Gasteiger partial charge is 0.340 e. The first-order valence-electron chi connectivity index (χ1n) is 3.52. The second-order valence-corrected chi connectivity index (χ2v) is 3.11. The van der Waals surface area contributed by atoms with Crippen molar-refractivity contribution in [1.82, 2.24) is 5.32 Å². The molecule has 0 bridgehead atoms. The Morgan fingerprint density at radius 2 is 1.92 bits per heavy atom. The number of rotatable bonds is 2. The lowest BCUT2D eigenvalue weighted by molar-refractivity contribution is -0.154. The van der Waals surface area contributed by atoms with Gasteiger partial charge in [-0.15, -0.1) is 6.42 Å². The van der Waals surface area contributed by atoms with Crippen molar-refractivity contribution < 1.29 is 18.0 Å². The van der Waals surface area contributed by atoms with Crippen LogP contribution in [0.1, 0.15) is 20.3 Å². The van der Waals surface area contributed by atoms with Crippen molar-refractivity contribution in [3.05, 3.63) is 0 Å². The fraction of sp³-hybridized carbons (Fsp3) is 0.625. The molecule has 0 aliphatic heterocycles. The molecule has 0 spiro atoms. The van der Waals surface area contributed by atoms with Crippen LogP contribution in [0.25, 0.3) is 0 Å². The van der Waals surface area contributed by atoms with E-state index in [0.29, 0.717) is 0 Å². The summed E-state index contributed by atoms with van der Waals surface area (Å²) in [5.74, 6) is 1.04. The number of terminal acetylenes is 1. The summed E-state index contributed by atoms with van der Waals surface area (Å²) in [6.45, 7) is 2.89. The van der Waals surface area contributed by atoms with Gasteiger partial charge in [-0.05, 0) is 13.8 Å². The molecule has 1 amide bonds. The summed E-state index contributed by atoms with van der Waals surface area (Å²) in [5, 5.41) is 2.07. The lowest BCUT2D eigenvalue weighted by atomic mass is 10.1. The van der Waals surface area contributed by atoms with Crippen LogP contribution in [0.4, 0.5) is 13.2 Å². The Morgan fingerprint density at radius 1 is 1.46 bits per heavy atom. The lowest BCUT2D eigenvalue weighted by Crippen LogP contribution is -2.43. The monoisotopic (exact) mass is 193 g/mol. The van der Waals surface area contributed by atoms with Crippen molar-refractivity contribution in [3.63, 3.8) is 0 Å². The topological polar surface area (TPSA) is 29.1 Å². The van der Waals surface area contributed by atoms with Gasteiger partial charge in [-0.25, -0.2) is 0 Å². The number of halogens is 3. The second-order valence-electron chi connectivity index (χ2n) is 3.11. The maximum Gasteiger partial charge on any atom is 0.397 e. The summed E-state index contributed by atoms with van der Waals surface area (Å²) < 4.78 is 35.0. The quantitative estimate of drug-likeness (QED) is 0.661. The zero-order valence-corrected chi connectivity index (χ0v) is 7.33. The van der Waals surface area contributed by atoms with E-state index in [-0.39, 0.29) is 0 Å². The van der Waals surface area contributed by atoms with Gasteiger partial charge in [0.25, 0.3) is 0 Å². The third kappa shape index (κ3) is 6.02. The van der Waals surface area contributed by atoms with Gasteiger partial charge in [-0.3, -0.25) is 4.79 Å². The molecule has 0 aromatic rings. The van der Waals surface area contributed by atoms with Crippen molar-refractivity contribution in [2.45, 2.75) is 32.0 Å². The van der Waals surface area contributed by atoms with Crippen LogP contribution in [0.5, 0.6) is 0 Å². The normalized spacial score (nSPS) is 12.0. The predicted molar refractivity (Wildman–Crippen MR) is 41.7 cm³/mol. The highest BCUT2D eigenvalue weighted by Crippen LogP contribution is 2.19. The summed E-state index contributed by atoms with van der Waals surface area (Å²) in [6, 6.07) is 0. The molecule has 2 nitrogen and oxygen atoms in total. The molecule has 0 unspecified atom stereocenters. The van der Waals surface area contributed by atoms with E-state index in [1.165, 1.54) is 13.8 Å². The minimum absolute atomic E-state index is 1.04. The molecule has 13 heavy (non-hydrogen) atoms. The Balaban J connectivity index is 4.13. The van der Waals surface area contributed by atoms with Crippen molar-refractivity contribution in [2.24, 2.45) is 0 Å². The minimum Gasteiger partial charge on any atom is -0.340 e. The van der Waals surface area contributed by atoms with Crippen LogP contribution in [-0.4, -0.2) is 17.6 Å². The van der Waals surface area contributed by atoms with Crippen LogP contribution in [0, 0.1) is 12.3 Å². The third-order valence-electron chi connectivity index (χ3n) is 1.17. The van der Waals surface area contributed by atoms with Crippen molar-refractivity contribution in [2.75, 3.05) is 0 Å². The summed E-state index contributed by atoms with van der Waals surface area (Å²) in [4.78, 5) is 10.7. The Hall–Kier alpha value is -1.18. The molecule has 0 radical (unpaired) electrons. The molecule has 0 fully saturated rings. The molecule has 5 heteroatoms. The minimum atomic E-state index is -4.49. The zero-order chi connectivity index (χ0) is 10.7. The number of nitrogens with one attached hydrogen (secondary N) is 1. The van der Waals surface area contributed by atoms with Crippen LogP contribution in [0.15, 0.2) is 0 Å². The lowest BCUT2D eigenvalue weighted by Gasteiger charge is -2.19. The number of hydrogen-bond donors (Lipinski definition) is 1. The first-order valence-corrected chi connectivity index (χ1v) is 3.52. The van der Waals surface area contributed by atoms with E-state index in [1.807, 2.05) is 0 Å². The highest BCUT2D eigenvalue weighted by molar-refractivity contribution is 5.77. The number of carbonyl (C=O) groups is 1. The summed E-state index contributed by atoms with van der Waals surface area (Å²) in [6.07, 6.45) is -1.02. The van der Waals surface area contributed by atoms with Crippen molar-refractivity contribution in [1.29, 1.82) is 0 Å². The van der Waals surface area contributed by atoms with Gasteiger partial charge in [0.1, 0.15) is 6.42 Å². The maximum atomic E-state index is 11.7. The van der Waals surface area contributed by atoms with Crippen LogP contribution >= 0.6 is 0 Å². The number of hydrogen-bond acceptors (Lipinski definition) is 1. The van der Waals surface area contributed by atoms with Crippen molar-refractivity contribution in [3.8, 4) is 12.3 Å². The molecule has 0 aliphatic rings. The molecule has 0 aliphatic carbocycles. The van der Waals surface area contributed by atoms with Crippen LogP contribution in [0.2, 0.25) is 0 Å². The van der Waals surface area contributed by atoms with Gasteiger partial charge in [0.05, 0.1) is 5.54 Å². The SMILES string of the molecule is C#CC(C)(C)NC(=O)CC(F)(F)F. The van der Waals surface area contributed by atoms with E-state index in [0.717, 1.165) is 0 Å². The molecule has 0 saturated carbocycles. The van der Waals surface area contributed by atoms with E-state index in [9.17, 15) is 18.0 Å². The molecule has 0 atom stereocenters. The molecule has 0 saturated heterocycles. The molecule has 0 rings (SSSR count). The first-order chi connectivity index (χ1) is 5.66. The van der Waals surface area contributed by atoms with Gasteiger partial charge in [-0.1, -0.05) is 5.92 Å². The average Bonchev–Trinajstić information content (AvgIpc) is 1.81. The van der Waals surface area contributed by atoms with E-state index >= 15 is 0 Å². The maximum absolute atomic E-state index is 11.7. The average molecular weight is 193 g/mol. The molecule has 0 aromatic carbocycles. The Labute approximate surface area is 74.5 Å². The summed E-state index contributed by atoms with van der Waals surface area (Å²) >= 11 is 0. The second kappa shape index (κ2) is 3.69. The van der Waals surface area contributed by atoms with Crippen LogP contribution in [0.3, 0.4) is 0 Å². The fourth-order valence-corrected chi connectivity index (χ4v) is 0.611. The van der Waals surface area contributed by atoms with E-state index in [1.54, 1.807) is 0 Å². The van der Waals surface area contributed by atoms with Gasteiger partial charge in [0.2, 0.25) is 5.91 Å². The van der Waals surface area contributed by atoms with E-state index < -0.39 is 24.0 Å².